The summed E-state index contributed by atoms with van der Waals surface area (Å²) in [5.41, 5.74) is 10.5. The minimum absolute atomic E-state index is 0.241. The maximum absolute atomic E-state index is 4.33. The minimum Gasteiger partial charge on any atom is -0.382 e. The Labute approximate surface area is 235 Å². The van der Waals surface area contributed by atoms with Crippen molar-refractivity contribution in [3.8, 4) is 0 Å². The summed E-state index contributed by atoms with van der Waals surface area (Å²) < 4.78 is 0. The third-order valence-electron chi connectivity index (χ3n) is 5.43. The molecule has 0 aliphatic rings. The van der Waals surface area contributed by atoms with Gasteiger partial charge in [-0.25, -0.2) is 0 Å². The van der Waals surface area contributed by atoms with E-state index in [0.717, 1.165) is 47.4 Å². The average molecular weight is 521 g/mol. The molecule has 212 valence electrons. The monoisotopic (exact) mass is 520 g/mol. The third-order valence-corrected chi connectivity index (χ3v) is 5.43. The number of hydrogen-bond donors (Lipinski definition) is 1. The van der Waals surface area contributed by atoms with Gasteiger partial charge in [0.2, 0.25) is 0 Å². The lowest BCUT2D eigenvalue weighted by molar-refractivity contribution is 0.427. The van der Waals surface area contributed by atoms with E-state index >= 15 is 0 Å². The molecule has 1 N–H and O–H groups in total. The number of nitrogens with zero attached hydrogens (tertiary/aromatic N) is 3. The van der Waals surface area contributed by atoms with Crippen LogP contribution < -0.4 is 5.32 Å². The number of aryl methyl sites for hydroxylation is 1. The van der Waals surface area contributed by atoms with Gasteiger partial charge in [-0.3, -0.25) is 0 Å². The van der Waals surface area contributed by atoms with Crippen LogP contribution in [0.15, 0.2) is 88.4 Å². The van der Waals surface area contributed by atoms with Gasteiger partial charge in [0.25, 0.3) is 0 Å². The van der Waals surface area contributed by atoms with Crippen molar-refractivity contribution in [2.24, 2.45) is 20.9 Å². The first-order chi connectivity index (χ1) is 17.6. The van der Waals surface area contributed by atoms with Gasteiger partial charge in [0, 0.05) is 17.8 Å². The molecule has 4 heteroatoms. The maximum Gasteiger partial charge on any atom is 0.0509 e. The first-order valence-electron chi connectivity index (χ1n) is 13.7. The molecule has 0 saturated carbocycles. The van der Waals surface area contributed by atoms with E-state index < -0.39 is 0 Å². The molecule has 0 heterocycles. The van der Waals surface area contributed by atoms with E-state index in [1.807, 2.05) is 34.6 Å². The van der Waals surface area contributed by atoms with Gasteiger partial charge in [-0.1, -0.05) is 103 Å². The van der Waals surface area contributed by atoms with Crippen molar-refractivity contribution in [1.29, 1.82) is 0 Å². The van der Waals surface area contributed by atoms with Crippen molar-refractivity contribution in [2.45, 2.75) is 101 Å². The Hall–Kier alpha value is -3.01. The Morgan fingerprint density at radius 3 is 2.00 bits per heavy atom. The zero-order chi connectivity index (χ0) is 30.1. The summed E-state index contributed by atoms with van der Waals surface area (Å²) >= 11 is 0. The van der Waals surface area contributed by atoms with E-state index in [9.17, 15) is 0 Å². The second kappa shape index (κ2) is 19.1. The number of benzene rings is 1. The standard InChI is InChI=1S/C28H41N.C4H9N3.C2H6/c1-12-27(29-24(8)16-20(4)15-21(5)19(2)3)25-13-14-26(22(6)17-25)23(7)18-28(9,10)11;1-4(2)6-7-5-3;1-2/h13-15,17,27,29H,2,4,7-8,12,16,18H2,1,3,5-6,9-11H3;1-3H3;1-2H3/b21-15+;;/t27-;;/m0../s1. The molecule has 4 nitrogen and oxygen atoms in total. The summed E-state index contributed by atoms with van der Waals surface area (Å²) in [4.78, 5) is 0. The van der Waals surface area contributed by atoms with E-state index in [2.05, 4.69) is 113 Å². The fourth-order valence-corrected chi connectivity index (χ4v) is 3.64. The summed E-state index contributed by atoms with van der Waals surface area (Å²) in [6.45, 7) is 39.7. The molecule has 0 aliphatic carbocycles. The molecule has 0 spiro atoms. The molecule has 0 saturated heterocycles. The fourth-order valence-electron chi connectivity index (χ4n) is 3.64. The third kappa shape index (κ3) is 16.7. The quantitative estimate of drug-likeness (QED) is 0.134. The van der Waals surface area contributed by atoms with Gasteiger partial charge in [-0.15, -0.1) is 5.10 Å². The predicted molar refractivity (Wildman–Crippen MR) is 173 cm³/mol. The molecule has 0 radical (unpaired) electrons. The molecule has 0 bridgehead atoms. The van der Waals surface area contributed by atoms with E-state index in [4.69, 9.17) is 0 Å². The number of allylic oxidation sites excluding steroid dienone is 5. The Kier molecular flexibility index (Phi) is 18.7. The molecule has 0 unspecified atom stereocenters. The van der Waals surface area contributed by atoms with Crippen molar-refractivity contribution in [3.05, 3.63) is 89.7 Å². The highest BCUT2D eigenvalue weighted by molar-refractivity contribution is 5.78. The lowest BCUT2D eigenvalue weighted by atomic mass is 9.84. The molecular weight excluding hydrogens is 464 g/mol. The van der Waals surface area contributed by atoms with Gasteiger partial charge < -0.3 is 5.32 Å². The summed E-state index contributed by atoms with van der Waals surface area (Å²) in [6, 6.07) is 6.98. The zero-order valence-electron chi connectivity index (χ0n) is 26.7. The van der Waals surface area contributed by atoms with Gasteiger partial charge in [-0.05, 0) is 86.3 Å². The molecule has 0 fully saturated rings. The predicted octanol–water partition coefficient (Wildman–Crippen LogP) is 11.0. The van der Waals surface area contributed by atoms with Crippen molar-refractivity contribution in [1.82, 2.24) is 5.32 Å². The highest BCUT2D eigenvalue weighted by atomic mass is 15.4. The normalized spacial score (nSPS) is 11.8. The van der Waals surface area contributed by atoms with Crippen molar-refractivity contribution in [3.63, 3.8) is 0 Å². The molecular formula is C34H56N4. The molecule has 1 rings (SSSR count). The molecule has 0 aromatic heterocycles. The Morgan fingerprint density at radius 2 is 1.61 bits per heavy atom. The van der Waals surface area contributed by atoms with Gasteiger partial charge in [-0.2, -0.15) is 5.11 Å². The van der Waals surface area contributed by atoms with Crippen LogP contribution in [0.5, 0.6) is 0 Å². The topological polar surface area (TPSA) is 49.1 Å². The van der Waals surface area contributed by atoms with Crippen LogP contribution in [0.3, 0.4) is 0 Å². The van der Waals surface area contributed by atoms with Crippen molar-refractivity contribution < 1.29 is 0 Å². The van der Waals surface area contributed by atoms with Crippen molar-refractivity contribution in [2.75, 3.05) is 7.05 Å². The summed E-state index contributed by atoms with van der Waals surface area (Å²) in [5.74, 6) is 0. The second-order valence-corrected chi connectivity index (χ2v) is 10.9. The highest BCUT2D eigenvalue weighted by Gasteiger charge is 2.16. The average Bonchev–Trinajstić information content (AvgIpc) is 2.81. The largest absolute Gasteiger partial charge is 0.382 e. The number of rotatable bonds is 11. The van der Waals surface area contributed by atoms with Crippen LogP contribution in [0.2, 0.25) is 0 Å². The fraction of sp³-hybridized carbons (Fsp3) is 0.500. The van der Waals surface area contributed by atoms with E-state index in [1.54, 1.807) is 7.05 Å². The summed E-state index contributed by atoms with van der Waals surface area (Å²) in [5, 5.41) is 14.0. The van der Waals surface area contributed by atoms with Crippen LogP contribution in [0.4, 0.5) is 0 Å². The first-order valence-corrected chi connectivity index (χ1v) is 13.7. The SMILES string of the molecule is C=C(/C=C(\C)C(=C)C)CC(=C)N[C@@H](CC)c1ccc(C(=C)CC(C)(C)C)c(C)c1.CC.CN=NN=C(C)C. The van der Waals surface area contributed by atoms with Crippen LogP contribution in [0, 0.1) is 12.3 Å². The number of nitrogens with one attached hydrogen (secondary N) is 1. The summed E-state index contributed by atoms with van der Waals surface area (Å²) in [6.07, 6.45) is 4.82. The van der Waals surface area contributed by atoms with Crippen LogP contribution in [-0.4, -0.2) is 12.8 Å². The van der Waals surface area contributed by atoms with Crippen LogP contribution in [-0.2, 0) is 0 Å². The van der Waals surface area contributed by atoms with E-state index in [-0.39, 0.29) is 11.5 Å². The van der Waals surface area contributed by atoms with Crippen LogP contribution in [0.25, 0.3) is 5.57 Å². The minimum atomic E-state index is 0.241. The zero-order valence-corrected chi connectivity index (χ0v) is 26.7. The Balaban J connectivity index is 0. The molecule has 1 atom stereocenters. The van der Waals surface area contributed by atoms with Gasteiger partial charge in [0.15, 0.2) is 0 Å². The molecule has 1 aromatic carbocycles. The number of hydrogen-bond acceptors (Lipinski definition) is 3. The van der Waals surface area contributed by atoms with Gasteiger partial charge in [0.1, 0.15) is 0 Å². The van der Waals surface area contributed by atoms with E-state index in [0.29, 0.717) is 0 Å². The second-order valence-electron chi connectivity index (χ2n) is 10.9. The Bertz CT molecular complexity index is 1010. The first kappa shape index (κ1) is 37.1. The van der Waals surface area contributed by atoms with Crippen LogP contribution >= 0.6 is 0 Å². The van der Waals surface area contributed by atoms with Gasteiger partial charge in [0.05, 0.1) is 13.1 Å². The van der Waals surface area contributed by atoms with E-state index in [1.165, 1.54) is 22.3 Å². The Morgan fingerprint density at radius 1 is 1.03 bits per heavy atom. The molecule has 0 aliphatic heterocycles. The highest BCUT2D eigenvalue weighted by Crippen LogP contribution is 2.32. The molecule has 0 amide bonds. The molecule has 1 aromatic rings. The maximum atomic E-state index is 4.33. The smallest absolute Gasteiger partial charge is 0.0509 e. The molecule has 38 heavy (non-hydrogen) atoms. The lowest BCUT2D eigenvalue weighted by Crippen LogP contribution is -2.20. The van der Waals surface area contributed by atoms with Crippen LogP contribution in [0.1, 0.15) is 111 Å². The van der Waals surface area contributed by atoms with Crippen molar-refractivity contribution >= 4 is 11.3 Å². The lowest BCUT2D eigenvalue weighted by Gasteiger charge is -2.24. The summed E-state index contributed by atoms with van der Waals surface area (Å²) in [7, 11) is 1.59. The van der Waals surface area contributed by atoms with Gasteiger partial charge >= 0.3 is 0 Å².